The molecule has 0 bridgehead atoms. The second-order valence-corrected chi connectivity index (χ2v) is 6.30. The Morgan fingerprint density at radius 3 is 2.90 bits per heavy atom. The Labute approximate surface area is 128 Å². The van der Waals surface area contributed by atoms with Gasteiger partial charge < -0.3 is 10.0 Å². The quantitative estimate of drug-likeness (QED) is 0.673. The maximum absolute atomic E-state index is 10.4. The highest BCUT2D eigenvalue weighted by Crippen LogP contribution is 2.25. The topological polar surface area (TPSA) is 52.6 Å². The fourth-order valence-electron chi connectivity index (χ4n) is 3.44. The van der Waals surface area contributed by atoms with Crippen molar-refractivity contribution < 1.29 is 9.90 Å². The van der Waals surface area contributed by atoms with Crippen LogP contribution in [0.5, 0.6) is 0 Å². The lowest BCUT2D eigenvalue weighted by molar-refractivity contribution is -0.137. The molecule has 0 aliphatic carbocycles. The number of nitrogens with one attached hydrogen (secondary N) is 1. The molecule has 4 heteroatoms. The smallest absolute Gasteiger partial charge is 0.303 e. The van der Waals surface area contributed by atoms with E-state index in [0.717, 1.165) is 19.4 Å². The van der Waals surface area contributed by atoms with E-state index in [0.29, 0.717) is 12.6 Å². The highest BCUT2D eigenvalue weighted by Gasteiger charge is 2.24. The maximum Gasteiger partial charge on any atom is 0.303 e. The van der Waals surface area contributed by atoms with E-state index >= 15 is 0 Å². The molecule has 0 spiro atoms. The van der Waals surface area contributed by atoms with Gasteiger partial charge in [-0.3, -0.25) is 10.1 Å². The van der Waals surface area contributed by atoms with Crippen molar-refractivity contribution >= 4 is 5.97 Å². The molecule has 2 rings (SSSR count). The van der Waals surface area contributed by atoms with Gasteiger partial charge in [-0.05, 0) is 51.5 Å². The van der Waals surface area contributed by atoms with Gasteiger partial charge in [0.1, 0.15) is 0 Å². The second kappa shape index (κ2) is 9.08. The molecule has 1 unspecified atom stereocenters. The average Bonchev–Trinajstić information content (AvgIpc) is 2.68. The van der Waals surface area contributed by atoms with Crippen LogP contribution in [0.4, 0.5) is 0 Å². The number of carbonyl (C=O) groups is 1. The molecule has 2 N–H and O–H groups in total. The van der Waals surface area contributed by atoms with Crippen LogP contribution in [-0.2, 0) is 4.79 Å². The van der Waals surface area contributed by atoms with Crippen LogP contribution >= 0.6 is 0 Å². The highest BCUT2D eigenvalue weighted by atomic mass is 16.4. The van der Waals surface area contributed by atoms with Gasteiger partial charge in [-0.2, -0.15) is 0 Å². The lowest BCUT2D eigenvalue weighted by Crippen LogP contribution is -2.50. The van der Waals surface area contributed by atoms with E-state index < -0.39 is 5.97 Å². The molecule has 0 radical (unpaired) electrons. The lowest BCUT2D eigenvalue weighted by atomic mass is 10.1. The minimum atomic E-state index is -0.665. The van der Waals surface area contributed by atoms with E-state index in [2.05, 4.69) is 16.3 Å². The van der Waals surface area contributed by atoms with Crippen molar-refractivity contribution in [2.75, 3.05) is 13.1 Å². The van der Waals surface area contributed by atoms with Crippen LogP contribution in [0.25, 0.3) is 0 Å². The second-order valence-electron chi connectivity index (χ2n) is 6.30. The predicted octanol–water partition coefficient (Wildman–Crippen LogP) is 3.49. The summed E-state index contributed by atoms with van der Waals surface area (Å²) in [5.74, 6) is -0.665. The first kappa shape index (κ1) is 16.3. The van der Waals surface area contributed by atoms with E-state index in [1.165, 1.54) is 57.9 Å². The number of fused-ring (bicyclic) bond motifs is 1. The van der Waals surface area contributed by atoms with Crippen LogP contribution in [0.15, 0.2) is 11.8 Å². The van der Waals surface area contributed by atoms with Gasteiger partial charge in [0, 0.05) is 18.7 Å². The molecule has 120 valence electrons. The largest absolute Gasteiger partial charge is 0.481 e. The average molecular weight is 294 g/mol. The van der Waals surface area contributed by atoms with Crippen LogP contribution < -0.4 is 5.32 Å². The van der Waals surface area contributed by atoms with E-state index in [-0.39, 0.29) is 0 Å². The number of hydrogen-bond donors (Lipinski definition) is 2. The first-order valence-electron chi connectivity index (χ1n) is 8.68. The molecule has 0 saturated carbocycles. The molecule has 21 heavy (non-hydrogen) atoms. The van der Waals surface area contributed by atoms with Crippen molar-refractivity contribution in [1.82, 2.24) is 10.2 Å². The zero-order valence-corrected chi connectivity index (χ0v) is 13.1. The molecule has 1 atom stereocenters. The minimum absolute atomic E-state index is 0.326. The van der Waals surface area contributed by atoms with Crippen molar-refractivity contribution in [1.29, 1.82) is 0 Å². The Bertz CT molecular complexity index is 355. The number of hydrogen-bond acceptors (Lipinski definition) is 3. The number of rotatable bonds is 8. The third kappa shape index (κ3) is 5.70. The predicted molar refractivity (Wildman–Crippen MR) is 85.0 cm³/mol. The molecule has 0 amide bonds. The molecule has 2 aliphatic rings. The van der Waals surface area contributed by atoms with Gasteiger partial charge in [-0.1, -0.05) is 25.3 Å². The Morgan fingerprint density at radius 2 is 2.05 bits per heavy atom. The first-order valence-corrected chi connectivity index (χ1v) is 8.68. The van der Waals surface area contributed by atoms with E-state index in [1.807, 2.05) is 0 Å². The molecule has 2 aliphatic heterocycles. The van der Waals surface area contributed by atoms with Crippen LogP contribution in [0.3, 0.4) is 0 Å². The van der Waals surface area contributed by atoms with Gasteiger partial charge in [0.25, 0.3) is 0 Å². The highest BCUT2D eigenvalue weighted by molar-refractivity contribution is 5.66. The molecule has 1 saturated heterocycles. The molecule has 4 nitrogen and oxygen atoms in total. The number of aliphatic carboxylic acids is 1. The minimum Gasteiger partial charge on any atom is -0.481 e. The summed E-state index contributed by atoms with van der Waals surface area (Å²) in [5.41, 5.74) is 1.55. The SMILES string of the molecule is O=C(O)CCCCCCCC1=CCCCC2NCCCN12. The van der Waals surface area contributed by atoms with Crippen LogP contribution in [0.2, 0.25) is 0 Å². The summed E-state index contributed by atoms with van der Waals surface area (Å²) in [6.07, 6.45) is 15.1. The number of allylic oxidation sites excluding steroid dienone is 2. The molecule has 0 aromatic rings. The van der Waals surface area contributed by atoms with Crippen LogP contribution in [-0.4, -0.2) is 35.2 Å². The third-order valence-electron chi connectivity index (χ3n) is 4.59. The van der Waals surface area contributed by atoms with E-state index in [4.69, 9.17) is 5.11 Å². The van der Waals surface area contributed by atoms with Crippen molar-refractivity contribution in [3.8, 4) is 0 Å². The molecular weight excluding hydrogens is 264 g/mol. The molecular formula is C17H30N2O2. The zero-order chi connectivity index (χ0) is 14.9. The third-order valence-corrected chi connectivity index (χ3v) is 4.59. The monoisotopic (exact) mass is 294 g/mol. The number of carboxylic acids is 1. The van der Waals surface area contributed by atoms with Crippen molar-refractivity contribution in [2.24, 2.45) is 0 Å². The Hall–Kier alpha value is -1.03. The fourth-order valence-corrected chi connectivity index (χ4v) is 3.44. The molecule has 0 aromatic carbocycles. The summed E-state index contributed by atoms with van der Waals surface area (Å²) in [6, 6.07) is 0. The summed E-state index contributed by atoms with van der Waals surface area (Å²) in [6.45, 7) is 2.38. The van der Waals surface area contributed by atoms with Gasteiger partial charge in [0.15, 0.2) is 0 Å². The van der Waals surface area contributed by atoms with Crippen molar-refractivity contribution in [2.45, 2.75) is 76.8 Å². The van der Waals surface area contributed by atoms with E-state index in [9.17, 15) is 4.79 Å². The summed E-state index contributed by atoms with van der Waals surface area (Å²) in [4.78, 5) is 13.0. The standard InChI is InChI=1S/C17H30N2O2/c20-17(21)12-5-3-1-2-4-9-15-10-6-7-11-16-18-13-8-14-19(15)16/h10,16,18H,1-9,11-14H2,(H,20,21). The van der Waals surface area contributed by atoms with Crippen molar-refractivity contribution in [3.63, 3.8) is 0 Å². The lowest BCUT2D eigenvalue weighted by Gasteiger charge is -2.39. The van der Waals surface area contributed by atoms with Gasteiger partial charge in [0.05, 0.1) is 6.17 Å². The summed E-state index contributed by atoms with van der Waals surface area (Å²) < 4.78 is 0. The Morgan fingerprint density at radius 1 is 1.24 bits per heavy atom. The normalized spacial score (nSPS) is 22.4. The molecule has 2 heterocycles. The summed E-state index contributed by atoms with van der Waals surface area (Å²) in [7, 11) is 0. The van der Waals surface area contributed by atoms with Gasteiger partial charge in [-0.15, -0.1) is 0 Å². The van der Waals surface area contributed by atoms with Gasteiger partial charge >= 0.3 is 5.97 Å². The van der Waals surface area contributed by atoms with Crippen LogP contribution in [0.1, 0.15) is 70.6 Å². The number of carboxylic acid groups (broad SMARTS) is 1. The fraction of sp³-hybridized carbons (Fsp3) is 0.824. The summed E-state index contributed by atoms with van der Waals surface area (Å²) >= 11 is 0. The number of unbranched alkanes of at least 4 members (excludes halogenated alkanes) is 4. The first-order chi connectivity index (χ1) is 10.3. The number of nitrogens with zero attached hydrogens (tertiary/aromatic N) is 1. The van der Waals surface area contributed by atoms with Crippen LogP contribution in [0, 0.1) is 0 Å². The maximum atomic E-state index is 10.4. The molecule has 0 aromatic heterocycles. The van der Waals surface area contributed by atoms with Gasteiger partial charge in [0.2, 0.25) is 0 Å². The summed E-state index contributed by atoms with van der Waals surface area (Å²) in [5, 5.41) is 12.3. The Balaban J connectivity index is 1.64. The van der Waals surface area contributed by atoms with Crippen molar-refractivity contribution in [3.05, 3.63) is 11.8 Å². The molecule has 1 fully saturated rings. The van der Waals surface area contributed by atoms with E-state index in [1.54, 1.807) is 5.70 Å². The Kier molecular flexibility index (Phi) is 7.07. The zero-order valence-electron chi connectivity index (χ0n) is 13.1. The van der Waals surface area contributed by atoms with Gasteiger partial charge in [-0.25, -0.2) is 0 Å².